The van der Waals surface area contributed by atoms with Gasteiger partial charge in [-0.2, -0.15) is 4.57 Å². The second-order valence-corrected chi connectivity index (χ2v) is 19.6. The van der Waals surface area contributed by atoms with Crippen molar-refractivity contribution in [1.82, 2.24) is 0 Å². The smallest absolute Gasteiger partial charge is 0.227 e. The van der Waals surface area contributed by atoms with Gasteiger partial charge < -0.3 is 4.74 Å². The van der Waals surface area contributed by atoms with E-state index in [0.717, 1.165) is 35.2 Å². The molecule has 7 aromatic rings. The molecule has 0 saturated heterocycles. The van der Waals surface area contributed by atoms with Gasteiger partial charge in [0.25, 0.3) is 0 Å². The van der Waals surface area contributed by atoms with Gasteiger partial charge in [-0.05, 0) is 42.8 Å². The van der Waals surface area contributed by atoms with Crippen LogP contribution >= 0.6 is 0 Å². The second-order valence-electron chi connectivity index (χ2n) is 19.6. The summed E-state index contributed by atoms with van der Waals surface area (Å²) >= 11 is 0. The summed E-state index contributed by atoms with van der Waals surface area (Å²) in [5, 5.41) is 1.14. The predicted molar refractivity (Wildman–Crippen MR) is 269 cm³/mol. The molecule has 24 heteroatoms. The van der Waals surface area contributed by atoms with Crippen LogP contribution in [0.1, 0.15) is 120 Å². The Hall–Kier alpha value is -7.14. The van der Waals surface area contributed by atoms with E-state index in [2.05, 4.69) is 25.1 Å². The Labute approximate surface area is 462 Å². The van der Waals surface area contributed by atoms with Crippen LogP contribution in [0.25, 0.3) is 10.9 Å². The average Bonchev–Trinajstić information content (AvgIpc) is 3.32. The van der Waals surface area contributed by atoms with Gasteiger partial charge in [0.05, 0.1) is 6.61 Å². The Balaban J connectivity index is 0.000000271. The number of rotatable bonds is 25. The highest BCUT2D eigenvalue weighted by molar-refractivity contribution is 7.20. The molecule has 446 valence electrons. The monoisotopic (exact) mass is 1200 g/mol. The molecular formula is C59H50BF20NO2. The van der Waals surface area contributed by atoms with Crippen LogP contribution in [0.3, 0.4) is 0 Å². The van der Waals surface area contributed by atoms with E-state index in [1.807, 2.05) is 53.2 Å². The number of fused-ring (bicyclic) bond motifs is 1. The minimum absolute atomic E-state index is 0.107. The van der Waals surface area contributed by atoms with Gasteiger partial charge in [0, 0.05) is 23.1 Å². The van der Waals surface area contributed by atoms with Gasteiger partial charge in [-0.1, -0.05) is 115 Å². The topological polar surface area (TPSA) is 30.2 Å². The minimum atomic E-state index is -7.22. The number of aromatic nitrogens is 1. The molecule has 83 heavy (non-hydrogen) atoms. The zero-order valence-corrected chi connectivity index (χ0v) is 44.0. The van der Waals surface area contributed by atoms with Crippen LogP contribution in [-0.2, 0) is 6.54 Å². The van der Waals surface area contributed by atoms with Crippen molar-refractivity contribution in [3.63, 3.8) is 0 Å². The molecule has 7 rings (SSSR count). The molecule has 0 radical (unpaired) electrons. The van der Waals surface area contributed by atoms with Gasteiger partial charge in [-0.3, -0.25) is 4.79 Å². The van der Waals surface area contributed by atoms with Crippen LogP contribution in [0.15, 0.2) is 66.9 Å². The van der Waals surface area contributed by atoms with E-state index in [1.54, 1.807) is 0 Å². The van der Waals surface area contributed by atoms with Crippen LogP contribution in [0, 0.1) is 116 Å². The van der Waals surface area contributed by atoms with E-state index in [0.29, 0.717) is 6.54 Å². The van der Waals surface area contributed by atoms with Gasteiger partial charge in [0.2, 0.25) is 17.8 Å². The van der Waals surface area contributed by atoms with Gasteiger partial charge in [-0.15, -0.1) is 21.9 Å². The summed E-state index contributed by atoms with van der Waals surface area (Å²) in [5.74, 6) is -70.5. The largest absolute Gasteiger partial charge is 0.494 e. The zero-order chi connectivity index (χ0) is 61.0. The van der Waals surface area contributed by atoms with Crippen molar-refractivity contribution in [3.05, 3.63) is 189 Å². The number of halogens is 20. The second kappa shape index (κ2) is 28.9. The van der Waals surface area contributed by atoms with E-state index >= 15 is 35.1 Å². The maximum Gasteiger partial charge on any atom is 0.227 e. The maximum absolute atomic E-state index is 15.4. The lowest BCUT2D eigenvalue weighted by atomic mass is 9.12. The highest BCUT2D eigenvalue weighted by atomic mass is 19.2. The summed E-state index contributed by atoms with van der Waals surface area (Å²) < 4.78 is 302. The summed E-state index contributed by atoms with van der Waals surface area (Å²) in [4.78, 5) is 12.8. The van der Waals surface area contributed by atoms with Crippen molar-refractivity contribution in [2.24, 2.45) is 0 Å². The van der Waals surface area contributed by atoms with Gasteiger partial charge >= 0.3 is 0 Å². The number of ketones is 1. The Morgan fingerprint density at radius 1 is 0.361 bits per heavy atom. The number of unbranched alkanes of at least 4 members (excludes halogenated alkanes) is 15. The highest BCUT2D eigenvalue weighted by Crippen LogP contribution is 2.31. The first-order valence-electron chi connectivity index (χ1n) is 26.3. The SMILES string of the molecule is CCCCCCCCCCCCCCCCCCOc1ccc(C(=O)C[n+]2cccc3ccccc32)cc1.Fc1c(F)c(F)c([B-](c2c(F)c(F)c(F)c(F)c2F)(c2c(F)c(F)c(F)c(F)c2F)c2c(F)c(F)c(F)c(F)c2F)c(F)c1F. The number of benzene rings is 6. The van der Waals surface area contributed by atoms with Crippen LogP contribution < -0.4 is 31.2 Å². The van der Waals surface area contributed by atoms with Gasteiger partial charge in [0.1, 0.15) is 58.4 Å². The standard InChI is InChI=1S/C35H50NO2.C24BF20/c1-2-3-4-5-6-7-8-9-10-11-12-13-14-15-16-19-29-38-33-26-24-32(25-27-33)35(37)30-36-28-20-22-31-21-17-18-23-34(31)36;26-5-1(6(27)14(35)21(42)13(5)34)25(2-7(28)15(36)22(43)16(37)8(2)29,3-9(30)17(38)23(44)18(39)10(3)31)4-11(32)19(40)24(45)20(41)12(4)33/h17-18,20-28H,2-16,19,29-30H2,1H3;/q+1;-1. The normalized spacial score (nSPS) is 11.6. The summed E-state index contributed by atoms with van der Waals surface area (Å²) in [5.41, 5.74) is -12.5. The number of hydrogen-bond acceptors (Lipinski definition) is 2. The predicted octanol–water partition coefficient (Wildman–Crippen LogP) is 15.5. The summed E-state index contributed by atoms with van der Waals surface area (Å²) in [6, 6.07) is 19.8. The fourth-order valence-electron chi connectivity index (χ4n) is 10.1. The van der Waals surface area contributed by atoms with E-state index < -0.39 is 144 Å². The molecule has 0 bridgehead atoms. The summed E-state index contributed by atoms with van der Waals surface area (Å²) in [6.07, 6.45) is 16.8. The number of carbonyl (C=O) groups excluding carboxylic acids is 1. The van der Waals surface area contributed by atoms with Crippen molar-refractivity contribution in [1.29, 1.82) is 0 Å². The molecule has 0 unspecified atom stereocenters. The first kappa shape index (κ1) is 65.0. The molecular weight excluding hydrogens is 1150 g/mol. The molecule has 0 aliphatic rings. The number of nitrogens with zero attached hydrogens (tertiary/aromatic N) is 1. The molecule has 6 aromatic carbocycles. The molecule has 0 amide bonds. The summed E-state index contributed by atoms with van der Waals surface area (Å²) in [7, 11) is 0. The zero-order valence-electron chi connectivity index (χ0n) is 44.0. The van der Waals surface area contributed by atoms with Crippen molar-refractivity contribution < 1.29 is 102 Å². The van der Waals surface area contributed by atoms with Crippen molar-refractivity contribution >= 4 is 44.7 Å². The number of ether oxygens (including phenoxy) is 1. The van der Waals surface area contributed by atoms with Crippen LogP contribution in [-0.4, -0.2) is 18.5 Å². The fraction of sp³-hybridized carbons (Fsp3) is 0.322. The first-order chi connectivity index (χ1) is 39.5. The number of hydrogen-bond donors (Lipinski definition) is 0. The lowest BCUT2D eigenvalue weighted by Gasteiger charge is -2.44. The fourth-order valence-corrected chi connectivity index (χ4v) is 10.1. The summed E-state index contributed by atoms with van der Waals surface area (Å²) in [6.45, 7) is 3.37. The van der Waals surface area contributed by atoms with E-state index in [1.165, 1.54) is 96.3 Å². The molecule has 0 atom stereocenters. The van der Waals surface area contributed by atoms with Crippen LogP contribution in [0.5, 0.6) is 5.75 Å². The molecule has 0 fully saturated rings. The maximum atomic E-state index is 15.4. The van der Waals surface area contributed by atoms with Crippen molar-refractivity contribution in [2.75, 3.05) is 6.61 Å². The third-order valence-electron chi connectivity index (χ3n) is 14.3. The number of carbonyl (C=O) groups is 1. The molecule has 0 saturated carbocycles. The Morgan fingerprint density at radius 2 is 0.651 bits per heavy atom. The van der Waals surface area contributed by atoms with E-state index in [-0.39, 0.29) is 5.78 Å². The molecule has 1 heterocycles. The molecule has 0 aliphatic heterocycles. The van der Waals surface area contributed by atoms with E-state index in [9.17, 15) is 57.5 Å². The van der Waals surface area contributed by atoms with Crippen molar-refractivity contribution in [3.8, 4) is 5.75 Å². The Morgan fingerprint density at radius 3 is 0.988 bits per heavy atom. The minimum Gasteiger partial charge on any atom is -0.494 e. The molecule has 0 aliphatic carbocycles. The third kappa shape index (κ3) is 13.6. The molecule has 0 spiro atoms. The Kier molecular flexibility index (Phi) is 22.6. The number of pyridine rings is 1. The molecule has 1 aromatic heterocycles. The van der Waals surface area contributed by atoms with Crippen LogP contribution in [0.2, 0.25) is 0 Å². The highest BCUT2D eigenvalue weighted by Gasteiger charge is 2.52. The van der Waals surface area contributed by atoms with Crippen molar-refractivity contribution in [2.45, 2.75) is 116 Å². The van der Waals surface area contributed by atoms with Crippen LogP contribution in [0.4, 0.5) is 87.8 Å². The third-order valence-corrected chi connectivity index (χ3v) is 14.3. The average molecular weight is 1200 g/mol. The number of Topliss-reactive ketones (excluding diaryl/α,β-unsaturated/α-hetero) is 1. The molecule has 3 nitrogen and oxygen atoms in total. The number of para-hydroxylation sites is 1. The van der Waals surface area contributed by atoms with E-state index in [4.69, 9.17) is 4.74 Å². The lowest BCUT2D eigenvalue weighted by Crippen LogP contribution is -2.81. The van der Waals surface area contributed by atoms with Gasteiger partial charge in [0.15, 0.2) is 76.0 Å². The first-order valence-corrected chi connectivity index (χ1v) is 26.3. The Bertz CT molecular complexity index is 3060. The quantitative estimate of drug-likeness (QED) is 0.0109. The lowest BCUT2D eigenvalue weighted by molar-refractivity contribution is -0.657. The van der Waals surface area contributed by atoms with Gasteiger partial charge in [-0.25, -0.2) is 87.8 Å². The molecule has 0 N–H and O–H groups in total.